The highest BCUT2D eigenvalue weighted by molar-refractivity contribution is 9.11. The van der Waals surface area contributed by atoms with Gasteiger partial charge in [-0.2, -0.15) is 5.10 Å². The molecule has 0 unspecified atom stereocenters. The molecule has 5 nitrogen and oxygen atoms in total. The second-order valence-corrected chi connectivity index (χ2v) is 12.3. The minimum Gasteiger partial charge on any atom is -0.486 e. The monoisotopic (exact) mass is 654 g/mol. The Morgan fingerprint density at radius 1 is 1.06 bits per heavy atom. The Bertz CT molecular complexity index is 1180. The lowest BCUT2D eigenvalue weighted by atomic mass is 10.2. The number of halogens is 3. The third-order valence-corrected chi connectivity index (χ3v) is 9.55. The molecule has 0 bridgehead atoms. The molecule has 0 aromatic heterocycles. The fraction of sp³-hybridized carbons (Fsp3) is 0.200. The van der Waals surface area contributed by atoms with Crippen molar-refractivity contribution in [2.75, 3.05) is 18.1 Å². The number of nitrogens with one attached hydrogen (secondary N) is 1. The molecule has 0 aliphatic carbocycles. The van der Waals surface area contributed by atoms with Crippen molar-refractivity contribution < 1.29 is 14.3 Å². The Balaban J connectivity index is 1.26. The van der Waals surface area contributed by atoms with E-state index in [0.29, 0.717) is 27.7 Å². The predicted molar refractivity (Wildman–Crippen MR) is 153 cm³/mol. The Morgan fingerprint density at radius 2 is 1.74 bits per heavy atom. The smallest absolute Gasteiger partial charge is 0.277 e. The zero-order valence-corrected chi connectivity index (χ0v) is 23.9. The maximum absolute atomic E-state index is 12.1. The topological polar surface area (TPSA) is 59.9 Å². The van der Waals surface area contributed by atoms with Crippen LogP contribution < -0.4 is 14.9 Å². The van der Waals surface area contributed by atoms with Gasteiger partial charge in [-0.15, -0.1) is 23.5 Å². The molecule has 3 aromatic rings. The van der Waals surface area contributed by atoms with Crippen LogP contribution in [0.5, 0.6) is 11.5 Å². The van der Waals surface area contributed by atoms with Gasteiger partial charge < -0.3 is 9.47 Å². The van der Waals surface area contributed by atoms with E-state index >= 15 is 0 Å². The van der Waals surface area contributed by atoms with Gasteiger partial charge in [0, 0.05) is 22.1 Å². The van der Waals surface area contributed by atoms with E-state index < -0.39 is 0 Å². The van der Waals surface area contributed by atoms with Gasteiger partial charge >= 0.3 is 0 Å². The van der Waals surface area contributed by atoms with Gasteiger partial charge in [0.1, 0.15) is 18.1 Å². The Morgan fingerprint density at radius 3 is 2.43 bits per heavy atom. The second kappa shape index (κ2) is 13.1. The van der Waals surface area contributed by atoms with Gasteiger partial charge in [-0.25, -0.2) is 5.43 Å². The molecule has 10 heteroatoms. The number of hydrazone groups is 1. The molecule has 1 N–H and O–H groups in total. The van der Waals surface area contributed by atoms with Crippen LogP contribution in [-0.2, 0) is 11.4 Å². The van der Waals surface area contributed by atoms with Gasteiger partial charge in [-0.1, -0.05) is 41.9 Å². The number of rotatable bonds is 9. The van der Waals surface area contributed by atoms with Crippen LogP contribution in [0, 0.1) is 0 Å². The van der Waals surface area contributed by atoms with Crippen molar-refractivity contribution in [1.82, 2.24) is 5.43 Å². The molecule has 1 aliphatic heterocycles. The van der Waals surface area contributed by atoms with Crippen molar-refractivity contribution in [3.8, 4) is 11.5 Å². The summed E-state index contributed by atoms with van der Waals surface area (Å²) >= 11 is 17.2. The van der Waals surface area contributed by atoms with E-state index in [1.54, 1.807) is 6.21 Å². The minimum absolute atomic E-state index is 0.119. The number of ether oxygens (including phenoxy) is 2. The number of hydrogen-bond acceptors (Lipinski definition) is 6. The van der Waals surface area contributed by atoms with Crippen molar-refractivity contribution in [2.45, 2.75) is 11.2 Å². The van der Waals surface area contributed by atoms with E-state index in [2.05, 4.69) is 54.5 Å². The number of carbonyl (C=O) groups excluding carboxylic acids is 1. The molecule has 0 saturated carbocycles. The highest BCUT2D eigenvalue weighted by Gasteiger charge is 2.18. The molecule has 1 fully saturated rings. The molecular weight excluding hydrogens is 636 g/mol. The van der Waals surface area contributed by atoms with E-state index in [1.165, 1.54) is 17.1 Å². The summed E-state index contributed by atoms with van der Waals surface area (Å²) in [5.41, 5.74) is 5.43. The molecule has 0 atom stereocenters. The molecule has 4 rings (SSSR count). The maximum atomic E-state index is 12.1. The van der Waals surface area contributed by atoms with E-state index in [-0.39, 0.29) is 12.5 Å². The lowest BCUT2D eigenvalue weighted by molar-refractivity contribution is -0.123. The molecular formula is C25H21Br2ClN2O3S2. The van der Waals surface area contributed by atoms with Crippen molar-refractivity contribution in [3.63, 3.8) is 0 Å². The molecule has 0 spiro atoms. The SMILES string of the molecule is O=C(COc1ccc(C2SCCS2)cc1)N/N=C\c1cc(Br)c(OCc2ccccc2Cl)c(Br)c1. The van der Waals surface area contributed by atoms with Crippen LogP contribution in [0.4, 0.5) is 0 Å². The normalized spacial score (nSPS) is 13.8. The van der Waals surface area contributed by atoms with Crippen LogP contribution in [0.1, 0.15) is 21.3 Å². The minimum atomic E-state index is -0.343. The molecule has 3 aromatic carbocycles. The summed E-state index contributed by atoms with van der Waals surface area (Å²) in [6, 6.07) is 19.1. The lowest BCUT2D eigenvalue weighted by Crippen LogP contribution is -2.24. The summed E-state index contributed by atoms with van der Waals surface area (Å²) in [5, 5.41) is 4.68. The first kappa shape index (κ1) is 26.4. The average molecular weight is 657 g/mol. The first-order valence-electron chi connectivity index (χ1n) is 10.6. The fourth-order valence-electron chi connectivity index (χ4n) is 3.19. The van der Waals surface area contributed by atoms with Gasteiger partial charge in [0.25, 0.3) is 5.91 Å². The van der Waals surface area contributed by atoms with Crippen LogP contribution in [-0.4, -0.2) is 30.2 Å². The Labute approximate surface area is 234 Å². The number of hydrogen-bond donors (Lipinski definition) is 1. The lowest BCUT2D eigenvalue weighted by Gasteiger charge is -2.12. The van der Waals surface area contributed by atoms with Crippen molar-refractivity contribution in [3.05, 3.63) is 91.3 Å². The van der Waals surface area contributed by atoms with Crippen molar-refractivity contribution >= 4 is 79.1 Å². The van der Waals surface area contributed by atoms with Crippen molar-refractivity contribution in [1.29, 1.82) is 0 Å². The van der Waals surface area contributed by atoms with Gasteiger partial charge in [0.05, 0.1) is 19.7 Å². The zero-order valence-electron chi connectivity index (χ0n) is 18.4. The van der Waals surface area contributed by atoms with E-state index in [0.717, 1.165) is 20.1 Å². The summed E-state index contributed by atoms with van der Waals surface area (Å²) < 4.78 is 13.5. The first-order chi connectivity index (χ1) is 17.0. The number of benzene rings is 3. The molecule has 182 valence electrons. The molecule has 1 saturated heterocycles. The van der Waals surface area contributed by atoms with Crippen molar-refractivity contribution in [2.24, 2.45) is 5.10 Å². The highest BCUT2D eigenvalue weighted by Crippen LogP contribution is 2.45. The van der Waals surface area contributed by atoms with E-state index in [4.69, 9.17) is 21.1 Å². The Kier molecular flexibility index (Phi) is 9.85. The van der Waals surface area contributed by atoms with Gasteiger partial charge in [-0.3, -0.25) is 4.79 Å². The first-order valence-corrected chi connectivity index (χ1v) is 14.7. The quantitative estimate of drug-likeness (QED) is 0.192. The van der Waals surface area contributed by atoms with Crippen LogP contribution in [0.3, 0.4) is 0 Å². The standard InChI is InChI=1S/C25H21Br2ClN2O3S2/c26-20-11-16(12-21(27)24(20)33-14-18-3-1-2-4-22(18)28)13-29-30-23(31)15-32-19-7-5-17(6-8-19)25-34-9-10-35-25/h1-8,11-13,25H,9-10,14-15H2,(H,30,31)/b29-13-. The summed E-state index contributed by atoms with van der Waals surface area (Å²) in [6.07, 6.45) is 1.55. The molecule has 1 amide bonds. The van der Waals surface area contributed by atoms with E-state index in [1.807, 2.05) is 72.1 Å². The summed E-state index contributed by atoms with van der Waals surface area (Å²) in [7, 11) is 0. The molecule has 1 heterocycles. The largest absolute Gasteiger partial charge is 0.486 e. The molecule has 35 heavy (non-hydrogen) atoms. The van der Waals surface area contributed by atoms with Crippen LogP contribution >= 0.6 is 67.0 Å². The third-order valence-electron chi connectivity index (χ3n) is 4.90. The highest BCUT2D eigenvalue weighted by atomic mass is 79.9. The van der Waals surface area contributed by atoms with Crippen LogP contribution in [0.25, 0.3) is 0 Å². The fourth-order valence-corrected chi connectivity index (χ4v) is 7.69. The zero-order chi connectivity index (χ0) is 24.6. The maximum Gasteiger partial charge on any atom is 0.277 e. The number of thioether (sulfide) groups is 2. The van der Waals surface area contributed by atoms with E-state index in [9.17, 15) is 4.79 Å². The second-order valence-electron chi connectivity index (χ2n) is 7.42. The molecule has 0 radical (unpaired) electrons. The van der Waals surface area contributed by atoms with Gasteiger partial charge in [-0.05, 0) is 73.3 Å². The summed E-state index contributed by atoms with van der Waals surface area (Å²) in [6.45, 7) is 0.216. The number of carbonyl (C=O) groups is 1. The third kappa shape index (κ3) is 7.67. The van der Waals surface area contributed by atoms with Crippen LogP contribution in [0.2, 0.25) is 5.02 Å². The average Bonchev–Trinajstić information content (AvgIpc) is 3.39. The van der Waals surface area contributed by atoms with Gasteiger partial charge in [0.2, 0.25) is 0 Å². The number of amides is 1. The van der Waals surface area contributed by atoms with Gasteiger partial charge in [0.15, 0.2) is 6.61 Å². The summed E-state index contributed by atoms with van der Waals surface area (Å²) in [5.74, 6) is 3.33. The van der Waals surface area contributed by atoms with Crippen LogP contribution in [0.15, 0.2) is 74.7 Å². The summed E-state index contributed by atoms with van der Waals surface area (Å²) in [4.78, 5) is 12.1. The number of nitrogens with zero attached hydrogens (tertiary/aromatic N) is 1. The molecule has 1 aliphatic rings. The predicted octanol–water partition coefficient (Wildman–Crippen LogP) is 7.45. The Hall–Kier alpha value is -1.65.